The molecule has 3 heterocycles. The number of carbonyl (C=O) groups is 1. The second kappa shape index (κ2) is 7.39. The highest BCUT2D eigenvalue weighted by Crippen LogP contribution is 2.31. The summed E-state index contributed by atoms with van der Waals surface area (Å²) in [6, 6.07) is 10.0. The van der Waals surface area contributed by atoms with Gasteiger partial charge in [-0.15, -0.1) is 0 Å². The topological polar surface area (TPSA) is 79.5 Å². The predicted molar refractivity (Wildman–Crippen MR) is 103 cm³/mol. The molecule has 1 fully saturated rings. The molecule has 0 radical (unpaired) electrons. The summed E-state index contributed by atoms with van der Waals surface area (Å²) in [6.45, 7) is 3.31. The molecular weight excluding hydrogens is 342 g/mol. The van der Waals surface area contributed by atoms with Crippen molar-refractivity contribution in [2.75, 3.05) is 13.1 Å². The summed E-state index contributed by atoms with van der Waals surface area (Å²) in [6.07, 6.45) is 4.69. The predicted octanol–water partition coefficient (Wildman–Crippen LogP) is 4.52. The van der Waals surface area contributed by atoms with Gasteiger partial charge in [-0.1, -0.05) is 17.3 Å². The number of benzene rings is 1. The van der Waals surface area contributed by atoms with E-state index in [1.807, 2.05) is 25.1 Å². The molecule has 2 aromatic heterocycles. The van der Waals surface area contributed by atoms with Crippen molar-refractivity contribution in [3.05, 3.63) is 47.8 Å². The number of hydrogen-bond donors (Lipinski definition) is 1. The summed E-state index contributed by atoms with van der Waals surface area (Å²) >= 11 is 0. The van der Waals surface area contributed by atoms with Crippen molar-refractivity contribution in [3.63, 3.8) is 0 Å². The highest BCUT2D eigenvalue weighted by Gasteiger charge is 2.23. The highest BCUT2D eigenvalue weighted by molar-refractivity contribution is 5.88. The maximum absolute atomic E-state index is 11.0. The number of carboxylic acid groups (broad SMARTS) is 1. The van der Waals surface area contributed by atoms with E-state index in [1.54, 1.807) is 6.20 Å². The summed E-state index contributed by atoms with van der Waals surface area (Å²) in [5, 5.41) is 14.4. The molecule has 6 heteroatoms. The zero-order valence-electron chi connectivity index (χ0n) is 15.4. The molecule has 0 atom stereocenters. The number of amides is 1. The molecule has 0 unspecified atom stereocenters. The molecule has 6 nitrogen and oxygen atoms in total. The van der Waals surface area contributed by atoms with Crippen LogP contribution in [0.15, 0.2) is 41.1 Å². The zero-order chi connectivity index (χ0) is 18.8. The number of rotatable bonds is 4. The first kappa shape index (κ1) is 17.5. The largest absolute Gasteiger partial charge is 0.465 e. The summed E-state index contributed by atoms with van der Waals surface area (Å²) in [7, 11) is 0. The average Bonchev–Trinajstić information content (AvgIpc) is 3.11. The molecule has 0 spiro atoms. The van der Waals surface area contributed by atoms with E-state index in [9.17, 15) is 4.79 Å². The Balaban J connectivity index is 1.48. The monoisotopic (exact) mass is 365 g/mol. The Kier molecular flexibility index (Phi) is 4.79. The van der Waals surface area contributed by atoms with Gasteiger partial charge in [0.15, 0.2) is 5.58 Å². The van der Waals surface area contributed by atoms with E-state index in [0.29, 0.717) is 19.0 Å². The molecule has 27 heavy (non-hydrogen) atoms. The van der Waals surface area contributed by atoms with E-state index >= 15 is 0 Å². The third kappa shape index (κ3) is 3.52. The van der Waals surface area contributed by atoms with Crippen LogP contribution in [0, 0.1) is 12.8 Å². The van der Waals surface area contributed by atoms with Crippen LogP contribution in [0.4, 0.5) is 4.79 Å². The van der Waals surface area contributed by atoms with Gasteiger partial charge in [-0.3, -0.25) is 4.98 Å². The van der Waals surface area contributed by atoms with Gasteiger partial charge >= 0.3 is 6.09 Å². The van der Waals surface area contributed by atoms with Crippen LogP contribution in [0.1, 0.15) is 30.5 Å². The Hall–Kier alpha value is -2.89. The van der Waals surface area contributed by atoms with Gasteiger partial charge in [0.05, 0.1) is 11.4 Å². The van der Waals surface area contributed by atoms with Crippen LogP contribution in [0.2, 0.25) is 0 Å². The maximum Gasteiger partial charge on any atom is 0.407 e. The number of piperidine rings is 1. The Morgan fingerprint density at radius 1 is 1.26 bits per heavy atom. The van der Waals surface area contributed by atoms with E-state index in [2.05, 4.69) is 22.3 Å². The molecule has 1 aliphatic heterocycles. The molecule has 1 saturated heterocycles. The summed E-state index contributed by atoms with van der Waals surface area (Å²) in [4.78, 5) is 16.9. The first-order chi connectivity index (χ1) is 13.1. The number of aryl methyl sites for hydroxylation is 2. The molecule has 1 N–H and O–H groups in total. The van der Waals surface area contributed by atoms with Crippen LogP contribution in [0.5, 0.6) is 0 Å². The lowest BCUT2D eigenvalue weighted by molar-refractivity contribution is 0.123. The molecule has 1 aliphatic rings. The van der Waals surface area contributed by atoms with Gasteiger partial charge in [0.1, 0.15) is 0 Å². The van der Waals surface area contributed by atoms with Crippen molar-refractivity contribution in [1.29, 1.82) is 0 Å². The van der Waals surface area contributed by atoms with Crippen LogP contribution in [-0.4, -0.2) is 39.3 Å². The maximum atomic E-state index is 11.0. The van der Waals surface area contributed by atoms with Crippen molar-refractivity contribution < 1.29 is 14.4 Å². The zero-order valence-corrected chi connectivity index (χ0v) is 15.4. The van der Waals surface area contributed by atoms with Crippen molar-refractivity contribution in [2.24, 2.45) is 5.92 Å². The Morgan fingerprint density at radius 2 is 2.07 bits per heavy atom. The minimum Gasteiger partial charge on any atom is -0.465 e. The number of pyridine rings is 1. The quantitative estimate of drug-likeness (QED) is 0.735. The van der Waals surface area contributed by atoms with E-state index in [4.69, 9.17) is 9.63 Å². The Labute approximate surface area is 157 Å². The fraction of sp³-hybridized carbons (Fsp3) is 0.381. The summed E-state index contributed by atoms with van der Waals surface area (Å²) in [5.41, 5.74) is 4.86. The lowest BCUT2D eigenvalue weighted by Gasteiger charge is -2.29. The average molecular weight is 365 g/mol. The summed E-state index contributed by atoms with van der Waals surface area (Å²) in [5.74, 6) is 0.543. The van der Waals surface area contributed by atoms with Gasteiger partial charge in [-0.05, 0) is 56.7 Å². The highest BCUT2D eigenvalue weighted by atomic mass is 16.5. The van der Waals surface area contributed by atoms with Crippen LogP contribution >= 0.6 is 0 Å². The van der Waals surface area contributed by atoms with Crippen molar-refractivity contribution in [2.45, 2.75) is 32.6 Å². The molecule has 140 valence electrons. The SMILES string of the molecule is Cc1c(-c2ccccn2)ccc2c(CCC3CCN(C(=O)O)CC3)noc12. The number of hydrogen-bond acceptors (Lipinski definition) is 4. The van der Waals surface area contributed by atoms with Gasteiger partial charge < -0.3 is 14.5 Å². The third-order valence-corrected chi connectivity index (χ3v) is 5.58. The first-order valence-corrected chi connectivity index (χ1v) is 9.40. The van der Waals surface area contributed by atoms with Crippen LogP contribution < -0.4 is 0 Å². The molecule has 0 saturated carbocycles. The molecule has 3 aromatic rings. The number of nitrogens with zero attached hydrogens (tertiary/aromatic N) is 3. The Morgan fingerprint density at radius 3 is 2.78 bits per heavy atom. The third-order valence-electron chi connectivity index (χ3n) is 5.58. The molecule has 1 amide bonds. The summed E-state index contributed by atoms with van der Waals surface area (Å²) < 4.78 is 5.67. The fourth-order valence-electron chi connectivity index (χ4n) is 3.92. The van der Waals surface area contributed by atoms with Crippen LogP contribution in [0.25, 0.3) is 22.2 Å². The van der Waals surface area contributed by atoms with Crippen molar-refractivity contribution in [1.82, 2.24) is 15.0 Å². The lowest BCUT2D eigenvalue weighted by Crippen LogP contribution is -2.37. The number of aromatic nitrogens is 2. The second-order valence-corrected chi connectivity index (χ2v) is 7.21. The molecule has 1 aromatic carbocycles. The Bertz CT molecular complexity index is 944. The molecule has 0 aliphatic carbocycles. The van der Waals surface area contributed by atoms with Crippen molar-refractivity contribution >= 4 is 17.1 Å². The number of fused-ring (bicyclic) bond motifs is 1. The van der Waals surface area contributed by atoms with E-state index < -0.39 is 6.09 Å². The minimum absolute atomic E-state index is 0.543. The van der Waals surface area contributed by atoms with Crippen LogP contribution in [-0.2, 0) is 6.42 Å². The van der Waals surface area contributed by atoms with Gasteiger partial charge in [0.25, 0.3) is 0 Å². The van der Waals surface area contributed by atoms with E-state index in [0.717, 1.165) is 59.2 Å². The second-order valence-electron chi connectivity index (χ2n) is 7.21. The molecular formula is C21H23N3O3. The van der Waals surface area contributed by atoms with E-state index in [1.165, 1.54) is 4.90 Å². The fourth-order valence-corrected chi connectivity index (χ4v) is 3.92. The van der Waals surface area contributed by atoms with Gasteiger partial charge in [0.2, 0.25) is 0 Å². The van der Waals surface area contributed by atoms with Gasteiger partial charge in [-0.25, -0.2) is 4.79 Å². The van der Waals surface area contributed by atoms with Gasteiger partial charge in [0, 0.05) is 35.8 Å². The molecule has 0 bridgehead atoms. The van der Waals surface area contributed by atoms with E-state index in [-0.39, 0.29) is 0 Å². The lowest BCUT2D eigenvalue weighted by atomic mass is 9.91. The smallest absolute Gasteiger partial charge is 0.407 e. The van der Waals surface area contributed by atoms with Crippen LogP contribution in [0.3, 0.4) is 0 Å². The van der Waals surface area contributed by atoms with Crippen molar-refractivity contribution in [3.8, 4) is 11.3 Å². The number of likely N-dealkylation sites (tertiary alicyclic amines) is 1. The minimum atomic E-state index is -0.810. The normalized spacial score (nSPS) is 15.4. The first-order valence-electron chi connectivity index (χ1n) is 9.40. The molecule has 4 rings (SSSR count). The van der Waals surface area contributed by atoms with Gasteiger partial charge in [-0.2, -0.15) is 0 Å². The standard InChI is InChI=1S/C21H23N3O3/c1-14-16(18-4-2-3-11-22-18)6-7-17-19(23-27-20(14)17)8-5-15-9-12-24(13-10-15)21(25)26/h2-4,6-7,11,15H,5,8-10,12-13H2,1H3,(H,25,26).